The molecular weight excluding hydrogens is 302 g/mol. The molecule has 0 unspecified atom stereocenters. The van der Waals surface area contributed by atoms with Crippen LogP contribution in [0.4, 0.5) is 0 Å². The van der Waals surface area contributed by atoms with Gasteiger partial charge in [-0.1, -0.05) is 58.0 Å². The number of carbonyl (C=O) groups is 2. The normalized spacial score (nSPS) is 12.8. The highest BCUT2D eigenvalue weighted by Gasteiger charge is 2.28. The molecule has 1 atom stereocenters. The Hall–Kier alpha value is -1.88. The maximum atomic E-state index is 12.1. The van der Waals surface area contributed by atoms with Crippen LogP contribution in [0.15, 0.2) is 30.3 Å². The third kappa shape index (κ3) is 5.34. The minimum atomic E-state index is -0.590. The van der Waals surface area contributed by atoms with E-state index in [4.69, 9.17) is 5.73 Å². The van der Waals surface area contributed by atoms with Crippen molar-refractivity contribution in [3.8, 4) is 0 Å². The van der Waals surface area contributed by atoms with E-state index < -0.39 is 6.04 Å². The van der Waals surface area contributed by atoms with Crippen LogP contribution in [0.5, 0.6) is 0 Å². The quantitative estimate of drug-likeness (QED) is 0.646. The molecule has 0 fully saturated rings. The molecule has 0 spiro atoms. The summed E-state index contributed by atoms with van der Waals surface area (Å²) in [4.78, 5) is 23.9. The zero-order valence-electron chi connectivity index (χ0n) is 15.3. The molecule has 0 bridgehead atoms. The highest BCUT2D eigenvalue weighted by molar-refractivity contribution is 5.87. The molecule has 1 aromatic carbocycles. The largest absolute Gasteiger partial charge is 0.354 e. The summed E-state index contributed by atoms with van der Waals surface area (Å²) in [5.74, 6) is -0.444. The number of nitrogens with one attached hydrogen (secondary N) is 2. The molecule has 0 saturated carbocycles. The SMILES string of the molecule is CCC(CC)(CNC(=O)CNC(=O)[C@@H](N)C(C)C)c1ccccc1. The van der Waals surface area contributed by atoms with Crippen LogP contribution in [0.25, 0.3) is 0 Å². The third-order valence-corrected chi connectivity index (χ3v) is 4.81. The van der Waals surface area contributed by atoms with Gasteiger partial charge in [0, 0.05) is 12.0 Å². The van der Waals surface area contributed by atoms with Crippen molar-refractivity contribution >= 4 is 11.8 Å². The van der Waals surface area contributed by atoms with Crippen molar-refractivity contribution in [1.82, 2.24) is 10.6 Å². The maximum absolute atomic E-state index is 12.1. The molecule has 24 heavy (non-hydrogen) atoms. The van der Waals surface area contributed by atoms with E-state index in [1.54, 1.807) is 0 Å². The zero-order chi connectivity index (χ0) is 18.2. The number of nitrogens with two attached hydrogens (primary N) is 1. The van der Waals surface area contributed by atoms with Gasteiger partial charge in [0.05, 0.1) is 12.6 Å². The van der Waals surface area contributed by atoms with Gasteiger partial charge in [-0.25, -0.2) is 0 Å². The van der Waals surface area contributed by atoms with Crippen molar-refractivity contribution in [1.29, 1.82) is 0 Å². The van der Waals surface area contributed by atoms with Crippen molar-refractivity contribution in [3.05, 3.63) is 35.9 Å². The predicted molar refractivity (Wildman–Crippen MR) is 97.5 cm³/mol. The van der Waals surface area contributed by atoms with Crippen LogP contribution in [0, 0.1) is 5.92 Å². The molecule has 1 rings (SSSR count). The van der Waals surface area contributed by atoms with E-state index >= 15 is 0 Å². The minimum absolute atomic E-state index is 0.0407. The van der Waals surface area contributed by atoms with Gasteiger partial charge in [-0.2, -0.15) is 0 Å². The van der Waals surface area contributed by atoms with Crippen molar-refractivity contribution in [3.63, 3.8) is 0 Å². The Balaban J connectivity index is 2.59. The van der Waals surface area contributed by atoms with Gasteiger partial charge in [-0.05, 0) is 24.3 Å². The molecule has 134 valence electrons. The molecule has 0 radical (unpaired) electrons. The molecule has 2 amide bonds. The van der Waals surface area contributed by atoms with Gasteiger partial charge in [0.25, 0.3) is 0 Å². The molecular formula is C19H31N3O2. The number of carbonyl (C=O) groups excluding carboxylic acids is 2. The van der Waals surface area contributed by atoms with Crippen LogP contribution in [-0.4, -0.2) is 30.9 Å². The average molecular weight is 333 g/mol. The minimum Gasteiger partial charge on any atom is -0.354 e. The van der Waals surface area contributed by atoms with Crippen LogP contribution >= 0.6 is 0 Å². The molecule has 0 heterocycles. The number of amides is 2. The summed E-state index contributed by atoms with van der Waals surface area (Å²) < 4.78 is 0. The molecule has 5 nitrogen and oxygen atoms in total. The first-order chi connectivity index (χ1) is 11.4. The van der Waals surface area contributed by atoms with Gasteiger partial charge in [0.15, 0.2) is 0 Å². The number of benzene rings is 1. The van der Waals surface area contributed by atoms with Crippen molar-refractivity contribution in [2.24, 2.45) is 11.7 Å². The van der Waals surface area contributed by atoms with E-state index in [0.717, 1.165) is 12.8 Å². The van der Waals surface area contributed by atoms with E-state index in [0.29, 0.717) is 6.54 Å². The first-order valence-corrected chi connectivity index (χ1v) is 8.71. The Bertz CT molecular complexity index is 525. The van der Waals surface area contributed by atoms with E-state index in [1.807, 2.05) is 32.0 Å². The van der Waals surface area contributed by atoms with Crippen molar-refractivity contribution in [2.75, 3.05) is 13.1 Å². The summed E-state index contributed by atoms with van der Waals surface area (Å²) in [5, 5.41) is 5.55. The maximum Gasteiger partial charge on any atom is 0.239 e. The van der Waals surface area contributed by atoms with Gasteiger partial charge in [0.1, 0.15) is 0 Å². The molecule has 0 aliphatic heterocycles. The Labute approximate surface area is 145 Å². The van der Waals surface area contributed by atoms with Crippen LogP contribution in [-0.2, 0) is 15.0 Å². The molecule has 0 aliphatic carbocycles. The predicted octanol–water partition coefficient (Wildman–Crippen LogP) is 1.96. The molecule has 0 aromatic heterocycles. The third-order valence-electron chi connectivity index (χ3n) is 4.81. The molecule has 0 saturated heterocycles. The van der Waals surface area contributed by atoms with Crippen LogP contribution < -0.4 is 16.4 Å². The summed E-state index contributed by atoms with van der Waals surface area (Å²) >= 11 is 0. The van der Waals surface area contributed by atoms with Crippen LogP contribution in [0.1, 0.15) is 46.1 Å². The summed E-state index contributed by atoms with van der Waals surface area (Å²) in [6, 6.07) is 9.64. The molecule has 4 N–H and O–H groups in total. The van der Waals surface area contributed by atoms with E-state index in [-0.39, 0.29) is 29.7 Å². The molecule has 5 heteroatoms. The zero-order valence-corrected chi connectivity index (χ0v) is 15.3. The number of hydrogen-bond acceptors (Lipinski definition) is 3. The van der Waals surface area contributed by atoms with Crippen LogP contribution in [0.3, 0.4) is 0 Å². The van der Waals surface area contributed by atoms with Gasteiger partial charge >= 0.3 is 0 Å². The lowest BCUT2D eigenvalue weighted by Crippen LogP contribution is -2.48. The molecule has 0 aliphatic rings. The fourth-order valence-corrected chi connectivity index (χ4v) is 2.72. The summed E-state index contributed by atoms with van der Waals surface area (Å²) in [7, 11) is 0. The Morgan fingerprint density at radius 2 is 1.67 bits per heavy atom. The molecule has 1 aromatic rings. The van der Waals surface area contributed by atoms with Gasteiger partial charge < -0.3 is 16.4 Å². The smallest absolute Gasteiger partial charge is 0.239 e. The Kier molecular flexibility index (Phi) is 7.92. The van der Waals surface area contributed by atoms with E-state index in [1.165, 1.54) is 5.56 Å². The second-order valence-corrected chi connectivity index (χ2v) is 6.62. The first kappa shape index (κ1) is 20.2. The fraction of sp³-hybridized carbons (Fsp3) is 0.579. The van der Waals surface area contributed by atoms with E-state index in [2.05, 4.69) is 36.6 Å². The number of hydrogen-bond donors (Lipinski definition) is 3. The number of rotatable bonds is 9. The average Bonchev–Trinajstić information content (AvgIpc) is 2.61. The topological polar surface area (TPSA) is 84.2 Å². The summed E-state index contributed by atoms with van der Waals surface area (Å²) in [5.41, 5.74) is 6.90. The summed E-state index contributed by atoms with van der Waals surface area (Å²) in [6.45, 7) is 8.52. The highest BCUT2D eigenvalue weighted by Crippen LogP contribution is 2.30. The lowest BCUT2D eigenvalue weighted by atomic mass is 9.76. The fourth-order valence-electron chi connectivity index (χ4n) is 2.72. The second kappa shape index (κ2) is 9.42. The monoisotopic (exact) mass is 333 g/mol. The van der Waals surface area contributed by atoms with Crippen molar-refractivity contribution in [2.45, 2.75) is 52.0 Å². The Morgan fingerprint density at radius 3 is 2.17 bits per heavy atom. The Morgan fingerprint density at radius 1 is 1.08 bits per heavy atom. The van der Waals surface area contributed by atoms with E-state index in [9.17, 15) is 9.59 Å². The summed E-state index contributed by atoms with van der Waals surface area (Å²) in [6.07, 6.45) is 1.86. The lowest BCUT2D eigenvalue weighted by molar-refractivity contribution is -0.127. The second-order valence-electron chi connectivity index (χ2n) is 6.62. The van der Waals surface area contributed by atoms with Gasteiger partial charge in [-0.3, -0.25) is 9.59 Å². The first-order valence-electron chi connectivity index (χ1n) is 8.71. The highest BCUT2D eigenvalue weighted by atomic mass is 16.2. The van der Waals surface area contributed by atoms with Gasteiger partial charge in [-0.15, -0.1) is 0 Å². The van der Waals surface area contributed by atoms with Gasteiger partial charge in [0.2, 0.25) is 11.8 Å². The lowest BCUT2D eigenvalue weighted by Gasteiger charge is -2.32. The standard InChI is InChI=1S/C19H31N3O2/c1-5-19(6-2,15-10-8-7-9-11-15)13-22-16(23)12-21-18(24)17(20)14(3)4/h7-11,14,17H,5-6,12-13,20H2,1-4H3,(H,21,24)(H,22,23)/t17-/m0/s1. The van der Waals surface area contributed by atoms with Crippen LogP contribution in [0.2, 0.25) is 0 Å². The van der Waals surface area contributed by atoms with Crippen molar-refractivity contribution < 1.29 is 9.59 Å².